The van der Waals surface area contributed by atoms with E-state index in [4.69, 9.17) is 25.3 Å². The van der Waals surface area contributed by atoms with Crippen LogP contribution < -0.4 is 9.47 Å². The summed E-state index contributed by atoms with van der Waals surface area (Å²) in [6, 6.07) is 3.40. The Morgan fingerprint density at radius 1 is 1.25 bits per heavy atom. The molecule has 1 rings (SSSR count). The summed E-state index contributed by atoms with van der Waals surface area (Å²) in [5.41, 5.74) is 1.30. The van der Waals surface area contributed by atoms with Gasteiger partial charge in [-0.05, 0) is 24.1 Å². The van der Waals surface area contributed by atoms with Crippen LogP contribution in [0, 0.1) is 0 Å². The fourth-order valence-electron chi connectivity index (χ4n) is 1.60. The van der Waals surface area contributed by atoms with Gasteiger partial charge in [-0.3, -0.25) is 4.79 Å². The first-order chi connectivity index (χ1) is 9.37. The Labute approximate surface area is 134 Å². The molecule has 0 heterocycles. The molecular formula is C12H15Cl3O4S. The van der Waals surface area contributed by atoms with E-state index in [1.807, 2.05) is 6.92 Å². The Morgan fingerprint density at radius 2 is 1.80 bits per heavy atom. The molecule has 1 aromatic carbocycles. The molecule has 0 radical (unpaired) electrons. The normalized spacial score (nSPS) is 9.75. The van der Waals surface area contributed by atoms with Crippen molar-refractivity contribution in [2.75, 3.05) is 14.2 Å². The third-order valence-corrected chi connectivity index (χ3v) is 2.55. The van der Waals surface area contributed by atoms with E-state index in [2.05, 4.69) is 21.4 Å². The summed E-state index contributed by atoms with van der Waals surface area (Å²) >= 11 is 5.55. The second-order valence-corrected chi connectivity index (χ2v) is 6.43. The number of halogens is 3. The smallest absolute Gasteiger partial charge is 0.252 e. The minimum atomic E-state index is -1.67. The van der Waals surface area contributed by atoms with Crippen LogP contribution in [0.5, 0.6) is 11.5 Å². The molecule has 20 heavy (non-hydrogen) atoms. The van der Waals surface area contributed by atoms with E-state index in [1.165, 1.54) is 7.11 Å². The van der Waals surface area contributed by atoms with Crippen LogP contribution in [0.4, 0.5) is 0 Å². The summed E-state index contributed by atoms with van der Waals surface area (Å²) in [4.78, 5) is 11.3. The van der Waals surface area contributed by atoms with Gasteiger partial charge in [0.1, 0.15) is 11.5 Å². The summed E-state index contributed by atoms with van der Waals surface area (Å²) in [6.45, 7) is 2.03. The quantitative estimate of drug-likeness (QED) is 0.742. The highest BCUT2D eigenvalue weighted by Gasteiger charge is 2.15. The highest BCUT2D eigenvalue weighted by atomic mass is 36.0. The Hall–Kier alpha value is -0.490. The highest BCUT2D eigenvalue weighted by Crippen LogP contribution is 2.30. The first-order valence-corrected chi connectivity index (χ1v) is 8.74. The van der Waals surface area contributed by atoms with Crippen molar-refractivity contribution < 1.29 is 18.5 Å². The largest absolute Gasteiger partial charge is 0.497 e. The molecule has 0 spiro atoms. The number of rotatable bonds is 5. The maximum atomic E-state index is 11.3. The lowest BCUT2D eigenvalue weighted by Crippen LogP contribution is -2.02. The Balaban J connectivity index is 0.000000796. The zero-order chi connectivity index (χ0) is 15.7. The van der Waals surface area contributed by atoms with Gasteiger partial charge in [-0.2, -0.15) is 0 Å². The summed E-state index contributed by atoms with van der Waals surface area (Å²) in [5.74, 6) is 1.21. The molecule has 0 aliphatic heterocycles. The Kier molecular flexibility index (Phi) is 10.0. The SMILES string of the molecule is CCCc1c(OC)cc(OC)cc1C(=O)Cl.O=S(Cl)Cl. The van der Waals surface area contributed by atoms with Crippen LogP contribution in [0.2, 0.25) is 0 Å². The third-order valence-electron chi connectivity index (χ3n) is 2.35. The number of ether oxygens (including phenoxy) is 2. The monoisotopic (exact) mass is 360 g/mol. The van der Waals surface area contributed by atoms with Crippen LogP contribution >= 0.6 is 33.0 Å². The maximum Gasteiger partial charge on any atom is 0.252 e. The van der Waals surface area contributed by atoms with Gasteiger partial charge in [0.25, 0.3) is 5.24 Å². The molecule has 4 nitrogen and oxygen atoms in total. The standard InChI is InChI=1S/C12H15ClO3.Cl2OS/c1-4-5-9-10(12(13)14)6-8(15-2)7-11(9)16-3;1-4(2)3/h6-7H,4-5H2,1-3H3;. The van der Waals surface area contributed by atoms with E-state index >= 15 is 0 Å². The molecule has 0 aliphatic carbocycles. The average molecular weight is 362 g/mol. The van der Waals surface area contributed by atoms with E-state index in [0.717, 1.165) is 18.4 Å². The molecule has 0 fully saturated rings. The topological polar surface area (TPSA) is 52.6 Å². The van der Waals surface area contributed by atoms with Crippen molar-refractivity contribution in [1.29, 1.82) is 0 Å². The van der Waals surface area contributed by atoms with Gasteiger partial charge in [0, 0.05) is 38.6 Å². The molecule has 0 unspecified atom stereocenters. The minimum Gasteiger partial charge on any atom is -0.497 e. The van der Waals surface area contributed by atoms with Gasteiger partial charge >= 0.3 is 0 Å². The predicted molar refractivity (Wildman–Crippen MR) is 83.6 cm³/mol. The van der Waals surface area contributed by atoms with Gasteiger partial charge in [0.2, 0.25) is 9.23 Å². The van der Waals surface area contributed by atoms with E-state index in [-0.39, 0.29) is 0 Å². The van der Waals surface area contributed by atoms with Crippen molar-refractivity contribution >= 4 is 47.4 Å². The molecule has 0 atom stereocenters. The van der Waals surface area contributed by atoms with Gasteiger partial charge in [-0.1, -0.05) is 13.3 Å². The summed E-state index contributed by atoms with van der Waals surface area (Å²) in [7, 11) is 10.5. The van der Waals surface area contributed by atoms with E-state index in [1.54, 1.807) is 19.2 Å². The van der Waals surface area contributed by atoms with Gasteiger partial charge in [0.05, 0.1) is 14.2 Å². The van der Waals surface area contributed by atoms with Crippen LogP contribution in [0.15, 0.2) is 12.1 Å². The fraction of sp³-hybridized carbons (Fsp3) is 0.417. The van der Waals surface area contributed by atoms with Crippen LogP contribution in [-0.2, 0) is 15.6 Å². The van der Waals surface area contributed by atoms with Crippen LogP contribution in [0.3, 0.4) is 0 Å². The Morgan fingerprint density at radius 3 is 2.15 bits per heavy atom. The molecule has 1 aromatic rings. The minimum absolute atomic E-state index is 0.458. The van der Waals surface area contributed by atoms with Crippen LogP contribution in [0.25, 0.3) is 0 Å². The number of carbonyl (C=O) groups is 1. The molecule has 0 N–H and O–H groups in total. The van der Waals surface area contributed by atoms with Gasteiger partial charge in [-0.25, -0.2) is 4.21 Å². The first-order valence-electron chi connectivity index (χ1n) is 5.56. The fourth-order valence-corrected chi connectivity index (χ4v) is 1.77. The van der Waals surface area contributed by atoms with Gasteiger partial charge in [-0.15, -0.1) is 0 Å². The van der Waals surface area contributed by atoms with Crippen LogP contribution in [0.1, 0.15) is 29.3 Å². The first kappa shape index (κ1) is 19.5. The third kappa shape index (κ3) is 6.79. The Bertz CT molecular complexity index is 476. The lowest BCUT2D eigenvalue weighted by molar-refractivity contribution is 0.107. The van der Waals surface area contributed by atoms with Crippen molar-refractivity contribution in [3.8, 4) is 11.5 Å². The lowest BCUT2D eigenvalue weighted by atomic mass is 10.0. The van der Waals surface area contributed by atoms with E-state index in [9.17, 15) is 4.79 Å². The second kappa shape index (κ2) is 10.3. The summed E-state index contributed by atoms with van der Waals surface area (Å²) in [6.07, 6.45) is 1.67. The number of hydrogen-bond donors (Lipinski definition) is 0. The lowest BCUT2D eigenvalue weighted by Gasteiger charge is -2.13. The molecule has 0 saturated heterocycles. The number of hydrogen-bond acceptors (Lipinski definition) is 4. The summed E-state index contributed by atoms with van der Waals surface area (Å²) in [5, 5.41) is -0.486. The van der Waals surface area contributed by atoms with E-state index in [0.29, 0.717) is 17.1 Å². The van der Waals surface area contributed by atoms with E-state index < -0.39 is 14.5 Å². The van der Waals surface area contributed by atoms with Crippen molar-refractivity contribution in [3.05, 3.63) is 23.3 Å². The van der Waals surface area contributed by atoms with Crippen molar-refractivity contribution in [2.45, 2.75) is 19.8 Å². The molecule has 0 aromatic heterocycles. The molecule has 8 heteroatoms. The molecule has 0 aliphatic rings. The van der Waals surface area contributed by atoms with Crippen molar-refractivity contribution in [1.82, 2.24) is 0 Å². The molecule has 114 valence electrons. The maximum absolute atomic E-state index is 11.3. The predicted octanol–water partition coefficient (Wildman–Crippen LogP) is 4.08. The number of methoxy groups -OCH3 is 2. The average Bonchev–Trinajstić information content (AvgIpc) is 2.38. The number of benzene rings is 1. The van der Waals surface area contributed by atoms with Gasteiger partial charge in [0.15, 0.2) is 0 Å². The number of carbonyl (C=O) groups excluding carboxylic acids is 1. The molecule has 0 amide bonds. The van der Waals surface area contributed by atoms with Crippen LogP contribution in [-0.4, -0.2) is 23.7 Å². The van der Waals surface area contributed by atoms with Crippen molar-refractivity contribution in [3.63, 3.8) is 0 Å². The highest BCUT2D eigenvalue weighted by molar-refractivity contribution is 8.26. The molecule has 0 saturated carbocycles. The molecule has 0 bridgehead atoms. The van der Waals surface area contributed by atoms with Crippen molar-refractivity contribution in [2.24, 2.45) is 0 Å². The molecular weight excluding hydrogens is 347 g/mol. The van der Waals surface area contributed by atoms with Gasteiger partial charge < -0.3 is 9.47 Å². The zero-order valence-electron chi connectivity index (χ0n) is 11.2. The zero-order valence-corrected chi connectivity index (χ0v) is 14.3. The summed E-state index contributed by atoms with van der Waals surface area (Å²) < 4.78 is 19.4. The second-order valence-electron chi connectivity index (χ2n) is 3.56.